The van der Waals surface area contributed by atoms with Crippen LogP contribution in [-0.2, 0) is 16.4 Å². The lowest BCUT2D eigenvalue weighted by Gasteiger charge is -2.20. The van der Waals surface area contributed by atoms with Gasteiger partial charge < -0.3 is 4.90 Å². The van der Waals surface area contributed by atoms with E-state index in [9.17, 15) is 13.2 Å². The molecule has 7 nitrogen and oxygen atoms in total. The van der Waals surface area contributed by atoms with E-state index in [-0.39, 0.29) is 10.8 Å². The van der Waals surface area contributed by atoms with Gasteiger partial charge in [-0.2, -0.15) is 0 Å². The van der Waals surface area contributed by atoms with E-state index < -0.39 is 10.0 Å². The number of carbonyl (C=O) groups excluding carboxylic acids is 1. The van der Waals surface area contributed by atoms with E-state index >= 15 is 0 Å². The second-order valence-corrected chi connectivity index (χ2v) is 10.2. The Balaban J connectivity index is 1.59. The first-order valence-corrected chi connectivity index (χ1v) is 12.0. The number of hydrogen-bond acceptors (Lipinski definition) is 5. The molecule has 0 atom stereocenters. The van der Waals surface area contributed by atoms with Crippen LogP contribution in [0.5, 0.6) is 0 Å². The second kappa shape index (κ2) is 8.06. The predicted molar refractivity (Wildman–Crippen MR) is 128 cm³/mol. The summed E-state index contributed by atoms with van der Waals surface area (Å²) in [6.07, 6.45) is 3.99. The molecular weight excluding hydrogens is 436 g/mol. The highest BCUT2D eigenvalue weighted by Gasteiger charge is 2.29. The number of anilines is 1. The van der Waals surface area contributed by atoms with Crippen LogP contribution in [-0.4, -0.2) is 49.2 Å². The normalized spacial score (nSPS) is 13.5. The molecule has 3 heterocycles. The van der Waals surface area contributed by atoms with Crippen molar-refractivity contribution in [3.05, 3.63) is 84.2 Å². The highest BCUT2D eigenvalue weighted by Crippen LogP contribution is 2.34. The first kappa shape index (κ1) is 21.2. The SMILES string of the molecule is CN(C)S(=O)(=O)c1ccc2c(c1)CCN2C(=O)c1cc(-c2ccncc2)nc2ccccc12. The number of aromatic nitrogens is 2. The molecule has 2 aromatic carbocycles. The van der Waals surface area contributed by atoms with Gasteiger partial charge in [0.25, 0.3) is 5.91 Å². The summed E-state index contributed by atoms with van der Waals surface area (Å²) < 4.78 is 26.2. The quantitative estimate of drug-likeness (QED) is 0.465. The molecule has 2 aromatic heterocycles. The number of fused-ring (bicyclic) bond motifs is 2. The van der Waals surface area contributed by atoms with Crippen molar-refractivity contribution in [3.63, 3.8) is 0 Å². The van der Waals surface area contributed by atoms with E-state index in [1.807, 2.05) is 42.5 Å². The summed E-state index contributed by atoms with van der Waals surface area (Å²) in [5.74, 6) is -0.133. The number of pyridine rings is 2. The fraction of sp³-hybridized carbons (Fsp3) is 0.160. The maximum atomic E-state index is 13.8. The van der Waals surface area contributed by atoms with Crippen molar-refractivity contribution in [3.8, 4) is 11.3 Å². The van der Waals surface area contributed by atoms with Crippen LogP contribution in [0.15, 0.2) is 78.0 Å². The molecule has 1 amide bonds. The molecule has 8 heteroatoms. The lowest BCUT2D eigenvalue weighted by molar-refractivity contribution is 0.0991. The number of hydrogen-bond donors (Lipinski definition) is 0. The van der Waals surface area contributed by atoms with Crippen LogP contribution in [0.3, 0.4) is 0 Å². The molecule has 0 bridgehead atoms. The second-order valence-electron chi connectivity index (χ2n) is 8.09. The van der Waals surface area contributed by atoms with Gasteiger partial charge in [-0.3, -0.25) is 9.78 Å². The van der Waals surface area contributed by atoms with E-state index in [4.69, 9.17) is 4.98 Å². The summed E-state index contributed by atoms with van der Waals surface area (Å²) in [6.45, 7) is 0.487. The summed E-state index contributed by atoms with van der Waals surface area (Å²) in [4.78, 5) is 24.5. The number of benzene rings is 2. The summed E-state index contributed by atoms with van der Waals surface area (Å²) in [7, 11) is -0.522. The topological polar surface area (TPSA) is 83.5 Å². The smallest absolute Gasteiger partial charge is 0.259 e. The molecule has 0 saturated carbocycles. The largest absolute Gasteiger partial charge is 0.308 e. The number of rotatable bonds is 4. The fourth-order valence-electron chi connectivity index (χ4n) is 4.13. The molecule has 0 aliphatic carbocycles. The molecule has 4 aromatic rings. The van der Waals surface area contributed by atoms with Crippen molar-refractivity contribution >= 4 is 32.5 Å². The molecule has 0 saturated heterocycles. The fourth-order valence-corrected chi connectivity index (χ4v) is 5.08. The Morgan fingerprint density at radius 3 is 2.52 bits per heavy atom. The van der Waals surface area contributed by atoms with E-state index in [0.29, 0.717) is 24.2 Å². The van der Waals surface area contributed by atoms with Crippen LogP contribution >= 0.6 is 0 Å². The lowest BCUT2D eigenvalue weighted by atomic mass is 10.0. The number of sulfonamides is 1. The van der Waals surface area contributed by atoms with Crippen molar-refractivity contribution in [1.82, 2.24) is 14.3 Å². The molecule has 33 heavy (non-hydrogen) atoms. The van der Waals surface area contributed by atoms with E-state index in [1.54, 1.807) is 35.5 Å². The van der Waals surface area contributed by atoms with Crippen molar-refractivity contribution in [2.24, 2.45) is 0 Å². The molecule has 5 rings (SSSR count). The summed E-state index contributed by atoms with van der Waals surface area (Å²) in [5.41, 5.74) is 4.46. The van der Waals surface area contributed by atoms with Crippen LogP contribution < -0.4 is 4.90 Å². The minimum absolute atomic E-state index is 0.133. The van der Waals surface area contributed by atoms with Crippen molar-refractivity contribution in [2.75, 3.05) is 25.5 Å². The predicted octanol–water partition coefficient (Wildman–Crippen LogP) is 3.75. The molecule has 0 fully saturated rings. The molecule has 0 radical (unpaired) electrons. The minimum atomic E-state index is -3.54. The minimum Gasteiger partial charge on any atom is -0.308 e. The maximum absolute atomic E-state index is 13.8. The van der Waals surface area contributed by atoms with Gasteiger partial charge in [-0.05, 0) is 54.4 Å². The van der Waals surface area contributed by atoms with Gasteiger partial charge >= 0.3 is 0 Å². The number of amides is 1. The Labute approximate surface area is 192 Å². The third kappa shape index (κ3) is 3.67. The average molecular weight is 459 g/mol. The standard InChI is InChI=1S/C25H22N4O3S/c1-28(2)33(31,32)19-7-8-24-18(15-19)11-14-29(24)25(30)21-16-23(17-9-12-26-13-10-17)27-22-6-4-3-5-20(21)22/h3-10,12-13,15-16H,11,14H2,1-2H3. The van der Waals surface area contributed by atoms with Crippen LogP contribution in [0.1, 0.15) is 15.9 Å². The van der Waals surface area contributed by atoms with E-state index in [1.165, 1.54) is 18.4 Å². The van der Waals surface area contributed by atoms with Crippen LogP contribution in [0.2, 0.25) is 0 Å². The first-order valence-electron chi connectivity index (χ1n) is 10.5. The van der Waals surface area contributed by atoms with Crippen molar-refractivity contribution in [1.29, 1.82) is 0 Å². The highest BCUT2D eigenvalue weighted by atomic mass is 32.2. The van der Waals surface area contributed by atoms with Gasteiger partial charge in [-0.1, -0.05) is 18.2 Å². The zero-order chi connectivity index (χ0) is 23.2. The van der Waals surface area contributed by atoms with Gasteiger partial charge in [-0.25, -0.2) is 17.7 Å². The van der Waals surface area contributed by atoms with Gasteiger partial charge in [-0.15, -0.1) is 0 Å². The summed E-state index contributed by atoms with van der Waals surface area (Å²) in [5, 5.41) is 0.778. The summed E-state index contributed by atoms with van der Waals surface area (Å²) >= 11 is 0. The van der Waals surface area contributed by atoms with Gasteiger partial charge in [0.05, 0.1) is 21.7 Å². The number of carbonyl (C=O) groups is 1. The third-order valence-corrected chi connectivity index (χ3v) is 7.70. The van der Waals surface area contributed by atoms with E-state index in [2.05, 4.69) is 4.98 Å². The van der Waals surface area contributed by atoms with Crippen molar-refractivity contribution in [2.45, 2.75) is 11.3 Å². The first-order chi connectivity index (χ1) is 15.9. The van der Waals surface area contributed by atoms with Crippen LogP contribution in [0.4, 0.5) is 5.69 Å². The molecule has 0 N–H and O–H groups in total. The molecule has 0 unspecified atom stereocenters. The molecule has 166 valence electrons. The zero-order valence-electron chi connectivity index (χ0n) is 18.3. The molecule has 0 spiro atoms. The zero-order valence-corrected chi connectivity index (χ0v) is 19.1. The van der Waals surface area contributed by atoms with Gasteiger partial charge in [0.2, 0.25) is 10.0 Å². The molecular formula is C25H22N4O3S. The Kier molecular flexibility index (Phi) is 5.19. The maximum Gasteiger partial charge on any atom is 0.259 e. The lowest BCUT2D eigenvalue weighted by Crippen LogP contribution is -2.29. The summed E-state index contributed by atoms with van der Waals surface area (Å²) in [6, 6.07) is 18.1. The Hall–Kier alpha value is -3.62. The third-order valence-electron chi connectivity index (χ3n) is 5.89. The van der Waals surface area contributed by atoms with Gasteiger partial charge in [0.1, 0.15) is 0 Å². The Morgan fingerprint density at radius 1 is 1.00 bits per heavy atom. The van der Waals surface area contributed by atoms with Crippen molar-refractivity contribution < 1.29 is 13.2 Å². The molecule has 1 aliphatic rings. The van der Waals surface area contributed by atoms with Crippen LogP contribution in [0, 0.1) is 0 Å². The van der Waals surface area contributed by atoms with Crippen LogP contribution in [0.25, 0.3) is 22.2 Å². The number of para-hydroxylation sites is 1. The van der Waals surface area contributed by atoms with Gasteiger partial charge in [0.15, 0.2) is 0 Å². The Morgan fingerprint density at radius 2 is 1.76 bits per heavy atom. The highest BCUT2D eigenvalue weighted by molar-refractivity contribution is 7.89. The van der Waals surface area contributed by atoms with Gasteiger partial charge in [0, 0.05) is 49.7 Å². The Bertz CT molecular complexity index is 1480. The number of nitrogens with zero attached hydrogens (tertiary/aromatic N) is 4. The molecule has 1 aliphatic heterocycles. The monoisotopic (exact) mass is 458 g/mol. The average Bonchev–Trinajstić information content (AvgIpc) is 3.26. The van der Waals surface area contributed by atoms with E-state index in [0.717, 1.165) is 27.7 Å².